The Hall–Kier alpha value is -1.86. The van der Waals surface area contributed by atoms with Crippen LogP contribution >= 0.6 is 0 Å². The van der Waals surface area contributed by atoms with E-state index >= 15 is 0 Å². The molecule has 98 valence electrons. The maximum atomic E-state index is 12.6. The van der Waals surface area contributed by atoms with Gasteiger partial charge in [0.15, 0.2) is 0 Å². The van der Waals surface area contributed by atoms with Crippen LogP contribution in [0.4, 0.5) is 0 Å². The molecular formula is C15H16N2O2. The molecule has 1 aromatic carbocycles. The van der Waals surface area contributed by atoms with Gasteiger partial charge in [-0.1, -0.05) is 30.3 Å². The molecular weight excluding hydrogens is 240 g/mol. The van der Waals surface area contributed by atoms with Gasteiger partial charge >= 0.3 is 0 Å². The number of hydrogen-bond donors (Lipinski definition) is 0. The van der Waals surface area contributed by atoms with Crippen LogP contribution in [0.1, 0.15) is 24.8 Å². The number of rotatable bonds is 2. The third-order valence-electron chi connectivity index (χ3n) is 4.00. The van der Waals surface area contributed by atoms with Crippen LogP contribution in [0.3, 0.4) is 0 Å². The van der Waals surface area contributed by atoms with E-state index in [0.717, 1.165) is 18.4 Å². The van der Waals surface area contributed by atoms with Crippen LogP contribution in [0.2, 0.25) is 0 Å². The minimum atomic E-state index is -0.713. The average molecular weight is 256 g/mol. The van der Waals surface area contributed by atoms with E-state index in [-0.39, 0.29) is 11.9 Å². The highest BCUT2D eigenvalue weighted by atomic mass is 16.5. The molecule has 0 radical (unpaired) electrons. The van der Waals surface area contributed by atoms with Gasteiger partial charge in [-0.3, -0.25) is 4.79 Å². The number of carbonyl (C=O) groups is 1. The summed E-state index contributed by atoms with van der Waals surface area (Å²) in [7, 11) is 0. The smallest absolute Gasteiger partial charge is 0.256 e. The zero-order valence-electron chi connectivity index (χ0n) is 10.7. The number of likely N-dealkylation sites (tertiary alicyclic amines) is 1. The number of amides is 1. The predicted molar refractivity (Wildman–Crippen MR) is 68.9 cm³/mol. The van der Waals surface area contributed by atoms with E-state index in [2.05, 4.69) is 6.07 Å². The fourth-order valence-electron chi connectivity index (χ4n) is 3.02. The molecule has 0 N–H and O–H groups in total. The molecule has 1 amide bonds. The number of nitrogens with zero attached hydrogens (tertiary/aromatic N) is 2. The summed E-state index contributed by atoms with van der Waals surface area (Å²) in [6.07, 6.45) is 2.16. The standard InChI is InChI=1S/C15H16N2O2/c16-10-13-9-15(7-4-8-19-15)14(18)17(13)11-12-5-2-1-3-6-12/h1-3,5-6,13H,4,7-9,11H2/t13-,15-/m1/s1. The van der Waals surface area contributed by atoms with E-state index < -0.39 is 5.60 Å². The van der Waals surface area contributed by atoms with Crippen molar-refractivity contribution >= 4 is 5.91 Å². The Labute approximate surface area is 112 Å². The molecule has 2 atom stereocenters. The van der Waals surface area contributed by atoms with Crippen molar-refractivity contribution in [3.63, 3.8) is 0 Å². The molecule has 3 rings (SSSR count). The first kappa shape index (κ1) is 12.2. The maximum absolute atomic E-state index is 12.6. The van der Waals surface area contributed by atoms with Crippen LogP contribution in [-0.4, -0.2) is 29.1 Å². The largest absolute Gasteiger partial charge is 0.365 e. The molecule has 0 saturated carbocycles. The van der Waals surface area contributed by atoms with Crippen LogP contribution in [0.25, 0.3) is 0 Å². The lowest BCUT2D eigenvalue weighted by molar-refractivity contribution is -0.145. The first-order chi connectivity index (χ1) is 9.25. The zero-order valence-corrected chi connectivity index (χ0v) is 10.7. The van der Waals surface area contributed by atoms with Crippen molar-refractivity contribution in [3.8, 4) is 6.07 Å². The Balaban J connectivity index is 1.84. The third kappa shape index (κ3) is 2.00. The second kappa shape index (κ2) is 4.67. The summed E-state index contributed by atoms with van der Waals surface area (Å²) < 4.78 is 5.67. The van der Waals surface area contributed by atoms with Gasteiger partial charge in [-0.15, -0.1) is 0 Å². The summed E-state index contributed by atoms with van der Waals surface area (Å²) in [6, 6.07) is 11.7. The first-order valence-electron chi connectivity index (χ1n) is 6.64. The van der Waals surface area contributed by atoms with Gasteiger partial charge in [0.1, 0.15) is 11.6 Å². The van der Waals surface area contributed by atoms with Crippen molar-refractivity contribution in [3.05, 3.63) is 35.9 Å². The second-order valence-electron chi connectivity index (χ2n) is 5.21. The summed E-state index contributed by atoms with van der Waals surface area (Å²) >= 11 is 0. The van der Waals surface area contributed by atoms with Crippen molar-refractivity contribution in [1.29, 1.82) is 5.26 Å². The van der Waals surface area contributed by atoms with E-state index in [4.69, 9.17) is 4.74 Å². The second-order valence-corrected chi connectivity index (χ2v) is 5.21. The maximum Gasteiger partial charge on any atom is 0.256 e. The number of hydrogen-bond acceptors (Lipinski definition) is 3. The van der Waals surface area contributed by atoms with Gasteiger partial charge in [0.25, 0.3) is 5.91 Å². The predicted octanol–water partition coefficient (Wildman–Crippen LogP) is 1.86. The van der Waals surface area contributed by atoms with Gasteiger partial charge in [0.05, 0.1) is 6.07 Å². The number of ether oxygens (including phenoxy) is 1. The quantitative estimate of drug-likeness (QED) is 0.811. The third-order valence-corrected chi connectivity index (χ3v) is 4.00. The Morgan fingerprint density at radius 2 is 2.21 bits per heavy atom. The van der Waals surface area contributed by atoms with Crippen molar-refractivity contribution in [2.24, 2.45) is 0 Å². The molecule has 4 heteroatoms. The lowest BCUT2D eigenvalue weighted by atomic mass is 9.96. The molecule has 2 saturated heterocycles. The minimum Gasteiger partial charge on any atom is -0.365 e. The first-order valence-corrected chi connectivity index (χ1v) is 6.64. The Morgan fingerprint density at radius 3 is 2.84 bits per heavy atom. The van der Waals surface area contributed by atoms with Crippen LogP contribution in [0.15, 0.2) is 30.3 Å². The molecule has 0 bridgehead atoms. The van der Waals surface area contributed by atoms with Gasteiger partial charge in [-0.25, -0.2) is 0 Å². The fourth-order valence-corrected chi connectivity index (χ4v) is 3.02. The van der Waals surface area contributed by atoms with Crippen LogP contribution in [0, 0.1) is 11.3 Å². The van der Waals surface area contributed by atoms with E-state index in [0.29, 0.717) is 19.6 Å². The molecule has 0 unspecified atom stereocenters. The molecule has 2 heterocycles. The molecule has 0 aliphatic carbocycles. The van der Waals surface area contributed by atoms with Crippen LogP contribution < -0.4 is 0 Å². The monoisotopic (exact) mass is 256 g/mol. The molecule has 1 aromatic rings. The van der Waals surface area contributed by atoms with E-state index in [1.54, 1.807) is 4.90 Å². The van der Waals surface area contributed by atoms with Gasteiger partial charge in [0, 0.05) is 19.6 Å². The lowest BCUT2D eigenvalue weighted by Gasteiger charge is -2.22. The van der Waals surface area contributed by atoms with Crippen LogP contribution in [0.5, 0.6) is 0 Å². The van der Waals surface area contributed by atoms with Gasteiger partial charge in [0.2, 0.25) is 0 Å². The normalized spacial score (nSPS) is 29.9. The van der Waals surface area contributed by atoms with Crippen LogP contribution in [-0.2, 0) is 16.1 Å². The Bertz CT molecular complexity index is 515. The van der Waals surface area contributed by atoms with Crippen molar-refractivity contribution in [2.75, 3.05) is 6.61 Å². The van der Waals surface area contributed by atoms with Crippen molar-refractivity contribution in [2.45, 2.75) is 37.5 Å². The fraction of sp³-hybridized carbons (Fsp3) is 0.467. The average Bonchev–Trinajstić information content (AvgIpc) is 3.01. The van der Waals surface area contributed by atoms with E-state index in [1.165, 1.54) is 0 Å². The molecule has 1 spiro atoms. The molecule has 2 aliphatic heterocycles. The Morgan fingerprint density at radius 1 is 1.42 bits per heavy atom. The highest BCUT2D eigenvalue weighted by Crippen LogP contribution is 2.39. The van der Waals surface area contributed by atoms with Gasteiger partial charge in [-0.05, 0) is 18.4 Å². The highest BCUT2D eigenvalue weighted by molar-refractivity contribution is 5.88. The van der Waals surface area contributed by atoms with Crippen molar-refractivity contribution in [1.82, 2.24) is 4.90 Å². The van der Waals surface area contributed by atoms with Gasteiger partial charge < -0.3 is 9.64 Å². The van der Waals surface area contributed by atoms with E-state index in [9.17, 15) is 10.1 Å². The summed E-state index contributed by atoms with van der Waals surface area (Å²) in [5.41, 5.74) is 0.334. The minimum absolute atomic E-state index is 0.0135. The zero-order chi connectivity index (χ0) is 13.3. The summed E-state index contributed by atoms with van der Waals surface area (Å²) in [6.45, 7) is 1.12. The Kier molecular flexibility index (Phi) is 3.00. The summed E-state index contributed by atoms with van der Waals surface area (Å²) in [5.74, 6) is -0.0135. The van der Waals surface area contributed by atoms with Crippen molar-refractivity contribution < 1.29 is 9.53 Å². The number of benzene rings is 1. The van der Waals surface area contributed by atoms with Gasteiger partial charge in [-0.2, -0.15) is 5.26 Å². The lowest BCUT2D eigenvalue weighted by Crippen LogP contribution is -2.39. The summed E-state index contributed by atoms with van der Waals surface area (Å²) in [4.78, 5) is 14.2. The molecule has 0 aromatic heterocycles. The molecule has 4 nitrogen and oxygen atoms in total. The number of nitriles is 1. The summed E-state index contributed by atoms with van der Waals surface area (Å²) in [5, 5.41) is 9.28. The topological polar surface area (TPSA) is 53.3 Å². The number of carbonyl (C=O) groups excluding carboxylic acids is 1. The molecule has 2 aliphatic rings. The van der Waals surface area contributed by atoms with E-state index in [1.807, 2.05) is 30.3 Å². The SMILES string of the molecule is N#C[C@H]1C[C@]2(CCCO2)C(=O)N1Cc1ccccc1. The molecule has 19 heavy (non-hydrogen) atoms. The molecule has 2 fully saturated rings. The highest BCUT2D eigenvalue weighted by Gasteiger charge is 2.54.